The maximum Gasteiger partial charge on any atom is 0.282 e. The van der Waals surface area contributed by atoms with Crippen molar-refractivity contribution in [2.24, 2.45) is 0 Å². The SMILES string of the molecule is CC(C)(CNC(=O)c1cc(Cl)ccc1[N+](=O)[O-])S(C)(=O)=O. The zero-order valence-corrected chi connectivity index (χ0v) is 13.3. The van der Waals surface area contributed by atoms with Crippen LogP contribution in [0.2, 0.25) is 5.02 Å². The highest BCUT2D eigenvalue weighted by Crippen LogP contribution is 2.23. The summed E-state index contributed by atoms with van der Waals surface area (Å²) in [5.41, 5.74) is -0.606. The van der Waals surface area contributed by atoms with Crippen LogP contribution in [0.1, 0.15) is 24.2 Å². The highest BCUT2D eigenvalue weighted by atomic mass is 35.5. The van der Waals surface area contributed by atoms with Crippen LogP contribution in [0.15, 0.2) is 18.2 Å². The molecule has 0 saturated carbocycles. The van der Waals surface area contributed by atoms with E-state index in [0.29, 0.717) is 0 Å². The molecule has 7 nitrogen and oxygen atoms in total. The number of nitro benzene ring substituents is 1. The highest BCUT2D eigenvalue weighted by Gasteiger charge is 2.31. The van der Waals surface area contributed by atoms with Crippen molar-refractivity contribution >= 4 is 33.0 Å². The normalized spacial score (nSPS) is 12.0. The zero-order valence-electron chi connectivity index (χ0n) is 11.7. The largest absolute Gasteiger partial charge is 0.350 e. The molecule has 9 heteroatoms. The van der Waals surface area contributed by atoms with E-state index in [1.807, 2.05) is 0 Å². The van der Waals surface area contributed by atoms with E-state index in [1.165, 1.54) is 26.0 Å². The maximum absolute atomic E-state index is 12.0. The number of hydrogen-bond donors (Lipinski definition) is 1. The first-order valence-corrected chi connectivity index (χ1v) is 8.14. The second kappa shape index (κ2) is 5.98. The number of amides is 1. The maximum atomic E-state index is 12.0. The van der Waals surface area contributed by atoms with Crippen molar-refractivity contribution in [3.63, 3.8) is 0 Å². The molecule has 0 fully saturated rings. The van der Waals surface area contributed by atoms with Crippen molar-refractivity contribution in [3.05, 3.63) is 38.9 Å². The monoisotopic (exact) mass is 334 g/mol. The molecular weight excluding hydrogens is 320 g/mol. The van der Waals surface area contributed by atoms with Crippen molar-refractivity contribution in [1.29, 1.82) is 0 Å². The lowest BCUT2D eigenvalue weighted by Gasteiger charge is -2.22. The third kappa shape index (κ3) is 4.15. The van der Waals surface area contributed by atoms with Gasteiger partial charge in [0.05, 0.1) is 9.67 Å². The van der Waals surface area contributed by atoms with Crippen LogP contribution in [0.4, 0.5) is 5.69 Å². The van der Waals surface area contributed by atoms with E-state index in [2.05, 4.69) is 5.32 Å². The lowest BCUT2D eigenvalue weighted by molar-refractivity contribution is -0.385. The van der Waals surface area contributed by atoms with E-state index in [0.717, 1.165) is 12.3 Å². The average Bonchev–Trinajstić information content (AvgIpc) is 2.34. The van der Waals surface area contributed by atoms with Gasteiger partial charge in [0.25, 0.3) is 11.6 Å². The van der Waals surface area contributed by atoms with Crippen LogP contribution in [0, 0.1) is 10.1 Å². The first-order chi connectivity index (χ1) is 9.45. The number of hydrogen-bond acceptors (Lipinski definition) is 5. The number of nitro groups is 1. The Kier molecular flexibility index (Phi) is 4.95. The molecule has 116 valence electrons. The summed E-state index contributed by atoms with van der Waals surface area (Å²) in [4.78, 5) is 22.2. The van der Waals surface area contributed by atoms with Gasteiger partial charge in [-0.15, -0.1) is 0 Å². The fourth-order valence-corrected chi connectivity index (χ4v) is 1.88. The molecule has 0 aromatic heterocycles. The molecule has 1 rings (SSSR count). The molecule has 0 spiro atoms. The molecule has 1 aromatic carbocycles. The van der Waals surface area contributed by atoms with Crippen LogP contribution in [0.25, 0.3) is 0 Å². The van der Waals surface area contributed by atoms with Crippen LogP contribution in [0.3, 0.4) is 0 Å². The van der Waals surface area contributed by atoms with E-state index in [9.17, 15) is 23.3 Å². The van der Waals surface area contributed by atoms with Crippen LogP contribution in [-0.2, 0) is 9.84 Å². The molecule has 0 saturated heterocycles. The third-order valence-electron chi connectivity index (χ3n) is 3.08. The molecule has 1 aromatic rings. The van der Waals surface area contributed by atoms with Gasteiger partial charge >= 0.3 is 0 Å². The lowest BCUT2D eigenvalue weighted by Crippen LogP contribution is -2.43. The second-order valence-electron chi connectivity index (χ2n) is 5.13. The number of sulfone groups is 1. The average molecular weight is 335 g/mol. The third-order valence-corrected chi connectivity index (χ3v) is 5.47. The van der Waals surface area contributed by atoms with Gasteiger partial charge in [0.1, 0.15) is 5.56 Å². The Labute approximate surface area is 127 Å². The molecule has 0 heterocycles. The molecule has 0 aliphatic rings. The summed E-state index contributed by atoms with van der Waals surface area (Å²) >= 11 is 5.73. The fraction of sp³-hybridized carbons (Fsp3) is 0.417. The lowest BCUT2D eigenvalue weighted by atomic mass is 10.1. The summed E-state index contributed by atoms with van der Waals surface area (Å²) < 4.78 is 21.9. The Morgan fingerprint density at radius 2 is 2.00 bits per heavy atom. The topological polar surface area (TPSA) is 106 Å². The molecule has 0 unspecified atom stereocenters. The molecule has 0 bridgehead atoms. The van der Waals surface area contributed by atoms with Gasteiger partial charge in [-0.25, -0.2) is 8.42 Å². The van der Waals surface area contributed by atoms with Crippen molar-refractivity contribution in [3.8, 4) is 0 Å². The van der Waals surface area contributed by atoms with E-state index in [-0.39, 0.29) is 17.1 Å². The van der Waals surface area contributed by atoms with Gasteiger partial charge in [0.2, 0.25) is 0 Å². The molecular formula is C12H15ClN2O5S. The number of halogens is 1. The number of rotatable bonds is 5. The number of carbonyl (C=O) groups is 1. The molecule has 1 N–H and O–H groups in total. The number of benzene rings is 1. The van der Waals surface area contributed by atoms with Crippen LogP contribution < -0.4 is 5.32 Å². The Morgan fingerprint density at radius 1 is 1.43 bits per heavy atom. The molecule has 0 radical (unpaired) electrons. The first-order valence-electron chi connectivity index (χ1n) is 5.87. The molecule has 0 atom stereocenters. The molecule has 21 heavy (non-hydrogen) atoms. The summed E-state index contributed by atoms with van der Waals surface area (Å²) in [5.74, 6) is -0.749. The highest BCUT2D eigenvalue weighted by molar-refractivity contribution is 7.92. The minimum absolute atomic E-state index is 0.172. The van der Waals surface area contributed by atoms with Gasteiger partial charge in [0, 0.05) is 23.9 Å². The fourth-order valence-electron chi connectivity index (χ4n) is 1.37. The summed E-state index contributed by atoms with van der Waals surface area (Å²) in [6.07, 6.45) is 1.06. The van der Waals surface area contributed by atoms with E-state index in [1.54, 1.807) is 0 Å². The Hall–Kier alpha value is -1.67. The molecule has 1 amide bonds. The summed E-state index contributed by atoms with van der Waals surface area (Å²) in [7, 11) is -3.39. The van der Waals surface area contributed by atoms with E-state index in [4.69, 9.17) is 11.6 Å². The van der Waals surface area contributed by atoms with E-state index < -0.39 is 31.1 Å². The van der Waals surface area contributed by atoms with Gasteiger partial charge in [0.15, 0.2) is 9.84 Å². The van der Waals surface area contributed by atoms with Crippen molar-refractivity contribution < 1.29 is 18.1 Å². The number of carbonyl (C=O) groups excluding carboxylic acids is 1. The van der Waals surface area contributed by atoms with Gasteiger partial charge < -0.3 is 5.32 Å². The van der Waals surface area contributed by atoms with Crippen molar-refractivity contribution in [2.75, 3.05) is 12.8 Å². The van der Waals surface area contributed by atoms with Gasteiger partial charge in [-0.2, -0.15) is 0 Å². The van der Waals surface area contributed by atoms with Crippen LogP contribution in [0.5, 0.6) is 0 Å². The summed E-state index contributed by atoms with van der Waals surface area (Å²) in [6.45, 7) is 2.73. The Morgan fingerprint density at radius 3 is 2.48 bits per heavy atom. The Balaban J connectivity index is 3.01. The van der Waals surface area contributed by atoms with Gasteiger partial charge in [-0.3, -0.25) is 14.9 Å². The quantitative estimate of drug-likeness (QED) is 0.652. The molecule has 0 aliphatic heterocycles. The number of nitrogens with one attached hydrogen (secondary N) is 1. The Bertz CT molecular complexity index is 685. The van der Waals surface area contributed by atoms with Gasteiger partial charge in [-0.1, -0.05) is 11.6 Å². The predicted molar refractivity (Wildman–Crippen MR) is 79.4 cm³/mol. The molecule has 0 aliphatic carbocycles. The van der Waals surface area contributed by atoms with Gasteiger partial charge in [-0.05, 0) is 26.0 Å². The number of nitrogens with zero attached hydrogens (tertiary/aromatic N) is 1. The van der Waals surface area contributed by atoms with Crippen molar-refractivity contribution in [2.45, 2.75) is 18.6 Å². The van der Waals surface area contributed by atoms with E-state index >= 15 is 0 Å². The smallest absolute Gasteiger partial charge is 0.282 e. The summed E-state index contributed by atoms with van der Waals surface area (Å²) in [5, 5.41) is 13.4. The van der Waals surface area contributed by atoms with Crippen LogP contribution >= 0.6 is 11.6 Å². The second-order valence-corrected chi connectivity index (χ2v) is 8.22. The standard InChI is InChI=1S/C12H15ClN2O5S/c1-12(2,21(3,19)20)7-14-11(16)9-6-8(13)4-5-10(9)15(17)18/h4-6H,7H2,1-3H3,(H,14,16). The van der Waals surface area contributed by atoms with Crippen molar-refractivity contribution in [1.82, 2.24) is 5.32 Å². The minimum atomic E-state index is -3.39. The summed E-state index contributed by atoms with van der Waals surface area (Å²) in [6, 6.07) is 3.60. The predicted octanol–water partition coefficient (Wildman–Crippen LogP) is 1.80. The minimum Gasteiger partial charge on any atom is -0.350 e. The van der Waals surface area contributed by atoms with Crippen LogP contribution in [-0.4, -0.2) is 36.8 Å². The zero-order chi connectivity index (χ0) is 16.4. The first kappa shape index (κ1) is 17.4.